The minimum Gasteiger partial charge on any atom is -0.493 e. The second kappa shape index (κ2) is 7.99. The van der Waals surface area contributed by atoms with Crippen molar-refractivity contribution in [3.63, 3.8) is 0 Å². The van der Waals surface area contributed by atoms with E-state index in [-0.39, 0.29) is 12.0 Å². The second-order valence-corrected chi connectivity index (χ2v) is 6.32. The van der Waals surface area contributed by atoms with Crippen molar-refractivity contribution in [1.82, 2.24) is 14.9 Å². The van der Waals surface area contributed by atoms with E-state index in [1.165, 1.54) is 0 Å². The van der Waals surface area contributed by atoms with E-state index in [4.69, 9.17) is 9.47 Å². The monoisotopic (exact) mass is 382 g/mol. The van der Waals surface area contributed by atoms with Gasteiger partial charge in [-0.2, -0.15) is 13.2 Å². The molecule has 1 saturated heterocycles. The molecular formula is C18H21F3N4O2. The first-order chi connectivity index (χ1) is 12.9. The van der Waals surface area contributed by atoms with Gasteiger partial charge >= 0.3 is 6.18 Å². The van der Waals surface area contributed by atoms with E-state index in [1.807, 2.05) is 18.2 Å². The first-order valence-corrected chi connectivity index (χ1v) is 8.49. The zero-order valence-electron chi connectivity index (χ0n) is 15.1. The van der Waals surface area contributed by atoms with E-state index >= 15 is 0 Å². The maximum atomic E-state index is 12.8. The molecule has 0 spiro atoms. The van der Waals surface area contributed by atoms with Gasteiger partial charge in [0.25, 0.3) is 0 Å². The summed E-state index contributed by atoms with van der Waals surface area (Å²) in [5.41, 5.74) is 0.129. The highest BCUT2D eigenvalue weighted by atomic mass is 19.4. The summed E-state index contributed by atoms with van der Waals surface area (Å²) in [5, 5.41) is 3.00. The van der Waals surface area contributed by atoms with Gasteiger partial charge in [0.2, 0.25) is 5.95 Å². The molecule has 1 aliphatic rings. The van der Waals surface area contributed by atoms with Crippen LogP contribution in [0.3, 0.4) is 0 Å². The summed E-state index contributed by atoms with van der Waals surface area (Å²) in [6.45, 7) is 2.22. The summed E-state index contributed by atoms with van der Waals surface area (Å²) in [5.74, 6) is 1.34. The van der Waals surface area contributed by atoms with Crippen molar-refractivity contribution in [2.45, 2.75) is 25.2 Å². The number of ether oxygens (including phenoxy) is 2. The molecule has 1 aromatic carbocycles. The van der Waals surface area contributed by atoms with Crippen LogP contribution in [0.4, 0.5) is 19.1 Å². The van der Waals surface area contributed by atoms with Gasteiger partial charge in [0.1, 0.15) is 5.69 Å². The Kier molecular flexibility index (Phi) is 5.69. The molecule has 1 N–H and O–H groups in total. The summed E-state index contributed by atoms with van der Waals surface area (Å²) in [4.78, 5) is 9.67. The number of anilines is 1. The van der Waals surface area contributed by atoms with E-state index < -0.39 is 11.9 Å². The molecule has 1 aliphatic heterocycles. The molecule has 146 valence electrons. The number of likely N-dealkylation sites (tertiary alicyclic amines) is 1. The van der Waals surface area contributed by atoms with Crippen LogP contribution in [-0.4, -0.2) is 48.2 Å². The molecule has 1 atom stereocenters. The molecule has 0 bridgehead atoms. The molecule has 3 rings (SSSR count). The molecule has 2 aromatic rings. The van der Waals surface area contributed by atoms with Crippen molar-refractivity contribution < 1.29 is 22.6 Å². The zero-order valence-corrected chi connectivity index (χ0v) is 15.1. The maximum absolute atomic E-state index is 12.8. The van der Waals surface area contributed by atoms with E-state index in [9.17, 15) is 13.2 Å². The number of rotatable bonds is 6. The Balaban J connectivity index is 1.59. The molecule has 0 radical (unpaired) electrons. The highest BCUT2D eigenvalue weighted by Crippen LogP contribution is 2.29. The van der Waals surface area contributed by atoms with Crippen LogP contribution in [0.1, 0.15) is 17.7 Å². The van der Waals surface area contributed by atoms with Crippen molar-refractivity contribution in [3.05, 3.63) is 41.7 Å². The summed E-state index contributed by atoms with van der Waals surface area (Å²) in [7, 11) is 3.18. The lowest BCUT2D eigenvalue weighted by atomic mass is 10.2. The van der Waals surface area contributed by atoms with E-state index in [2.05, 4.69) is 20.2 Å². The highest BCUT2D eigenvalue weighted by Gasteiger charge is 2.33. The minimum atomic E-state index is -4.48. The molecular weight excluding hydrogens is 361 g/mol. The quantitative estimate of drug-likeness (QED) is 0.828. The van der Waals surface area contributed by atoms with Gasteiger partial charge in [-0.15, -0.1) is 0 Å². The van der Waals surface area contributed by atoms with Crippen LogP contribution in [0.15, 0.2) is 30.5 Å². The van der Waals surface area contributed by atoms with Gasteiger partial charge in [-0.05, 0) is 30.2 Å². The topological polar surface area (TPSA) is 59.5 Å². The fraction of sp³-hybridized carbons (Fsp3) is 0.444. The minimum absolute atomic E-state index is 0.00258. The summed E-state index contributed by atoms with van der Waals surface area (Å²) < 4.78 is 48.8. The van der Waals surface area contributed by atoms with Gasteiger partial charge in [0.05, 0.1) is 14.2 Å². The number of methoxy groups -OCH3 is 2. The van der Waals surface area contributed by atoms with Crippen LogP contribution >= 0.6 is 0 Å². The number of nitrogens with one attached hydrogen (secondary N) is 1. The lowest BCUT2D eigenvalue weighted by Crippen LogP contribution is -2.27. The van der Waals surface area contributed by atoms with Crippen LogP contribution in [0, 0.1) is 0 Å². The standard InChI is InChI=1S/C18H21F3N4O2/c1-26-14-4-3-12(9-15(14)27-2)10-25-8-6-13(11-25)23-17-22-7-5-16(24-17)18(19,20)21/h3-5,7,9,13H,6,8,10-11H2,1-2H3,(H,22,23,24). The second-order valence-electron chi connectivity index (χ2n) is 6.32. The number of hydrogen-bond acceptors (Lipinski definition) is 6. The van der Waals surface area contributed by atoms with Crippen molar-refractivity contribution in [2.24, 2.45) is 0 Å². The molecule has 0 amide bonds. The SMILES string of the molecule is COc1ccc(CN2CCC(Nc3nccc(C(F)(F)F)n3)C2)cc1OC. The van der Waals surface area contributed by atoms with Crippen LogP contribution < -0.4 is 14.8 Å². The Hall–Kier alpha value is -2.55. The third-order valence-electron chi connectivity index (χ3n) is 4.41. The molecule has 0 saturated carbocycles. The van der Waals surface area contributed by atoms with Crippen molar-refractivity contribution in [2.75, 3.05) is 32.6 Å². The molecule has 2 heterocycles. The molecule has 9 heteroatoms. The average molecular weight is 382 g/mol. The highest BCUT2D eigenvalue weighted by molar-refractivity contribution is 5.42. The average Bonchev–Trinajstić information content (AvgIpc) is 3.08. The smallest absolute Gasteiger partial charge is 0.433 e. The molecule has 0 aliphatic carbocycles. The molecule has 1 fully saturated rings. The van der Waals surface area contributed by atoms with E-state index in [1.54, 1.807) is 14.2 Å². The number of aromatic nitrogens is 2. The molecule has 27 heavy (non-hydrogen) atoms. The first kappa shape index (κ1) is 19.2. The van der Waals surface area contributed by atoms with Crippen molar-refractivity contribution in [1.29, 1.82) is 0 Å². The molecule has 1 unspecified atom stereocenters. The molecule has 6 nitrogen and oxygen atoms in total. The Morgan fingerprint density at radius 1 is 1.19 bits per heavy atom. The zero-order chi connectivity index (χ0) is 19.4. The maximum Gasteiger partial charge on any atom is 0.433 e. The van der Waals surface area contributed by atoms with Gasteiger partial charge in [-0.3, -0.25) is 4.90 Å². The number of hydrogen-bond donors (Lipinski definition) is 1. The van der Waals surface area contributed by atoms with Gasteiger partial charge in [0, 0.05) is 31.9 Å². The van der Waals surface area contributed by atoms with Crippen molar-refractivity contribution in [3.8, 4) is 11.5 Å². The largest absolute Gasteiger partial charge is 0.493 e. The Labute approximate surface area is 155 Å². The fourth-order valence-electron chi connectivity index (χ4n) is 3.10. The molecule has 1 aromatic heterocycles. The van der Waals surface area contributed by atoms with Crippen molar-refractivity contribution >= 4 is 5.95 Å². The number of benzene rings is 1. The number of alkyl halides is 3. The van der Waals surface area contributed by atoms with Gasteiger partial charge in [0.15, 0.2) is 11.5 Å². The Morgan fingerprint density at radius 3 is 2.67 bits per heavy atom. The summed E-state index contributed by atoms with van der Waals surface area (Å²) >= 11 is 0. The van der Waals surface area contributed by atoms with Crippen LogP contribution in [0.5, 0.6) is 11.5 Å². The summed E-state index contributed by atoms with van der Waals surface area (Å²) in [6.07, 6.45) is -2.56. The van der Waals surface area contributed by atoms with E-state index in [0.29, 0.717) is 24.6 Å². The summed E-state index contributed by atoms with van der Waals surface area (Å²) in [6, 6.07) is 6.61. The fourth-order valence-corrected chi connectivity index (χ4v) is 3.10. The predicted octanol–water partition coefficient (Wildman–Crippen LogP) is 3.20. The lowest BCUT2D eigenvalue weighted by molar-refractivity contribution is -0.141. The first-order valence-electron chi connectivity index (χ1n) is 8.49. The third kappa shape index (κ3) is 4.79. The van der Waals surface area contributed by atoms with Crippen LogP contribution in [-0.2, 0) is 12.7 Å². The van der Waals surface area contributed by atoms with Gasteiger partial charge < -0.3 is 14.8 Å². The lowest BCUT2D eigenvalue weighted by Gasteiger charge is -2.18. The number of halogens is 3. The Bertz CT molecular complexity index is 785. The normalized spacial score (nSPS) is 17.7. The van der Waals surface area contributed by atoms with Crippen LogP contribution in [0.2, 0.25) is 0 Å². The third-order valence-corrected chi connectivity index (χ3v) is 4.41. The Morgan fingerprint density at radius 2 is 1.96 bits per heavy atom. The van der Waals surface area contributed by atoms with Gasteiger partial charge in [-0.1, -0.05) is 6.07 Å². The number of nitrogens with zero attached hydrogens (tertiary/aromatic N) is 3. The van der Waals surface area contributed by atoms with Crippen LogP contribution in [0.25, 0.3) is 0 Å². The van der Waals surface area contributed by atoms with Gasteiger partial charge in [-0.25, -0.2) is 9.97 Å². The van der Waals surface area contributed by atoms with E-state index in [0.717, 1.165) is 30.8 Å². The predicted molar refractivity (Wildman–Crippen MR) is 93.9 cm³/mol.